The van der Waals surface area contributed by atoms with Gasteiger partial charge in [0, 0.05) is 0 Å². The third-order valence-corrected chi connectivity index (χ3v) is 0.704. The van der Waals surface area contributed by atoms with Gasteiger partial charge in [-0.05, 0) is 20.8 Å². The molecule has 0 unspecified atom stereocenters. The SMILES string of the molecule is CC(C)(C)OC(=O)NC[C]=O. The lowest BCUT2D eigenvalue weighted by Gasteiger charge is -2.18. The van der Waals surface area contributed by atoms with E-state index in [1.165, 1.54) is 6.29 Å². The molecule has 1 amide bonds. The second-order valence-corrected chi connectivity index (χ2v) is 3.00. The molecule has 0 aromatic heterocycles. The highest BCUT2D eigenvalue weighted by atomic mass is 16.6. The summed E-state index contributed by atoms with van der Waals surface area (Å²) in [6.45, 7) is 5.11. The normalized spacial score (nSPS) is 10.5. The number of alkyl carbamates (subject to hydrolysis) is 1. The van der Waals surface area contributed by atoms with Crippen LogP contribution in [0.4, 0.5) is 4.79 Å². The number of nitrogens with one attached hydrogen (secondary N) is 1. The van der Waals surface area contributed by atoms with Crippen LogP contribution in [0.2, 0.25) is 0 Å². The summed E-state index contributed by atoms with van der Waals surface area (Å²) in [7, 11) is 0. The zero-order valence-electron chi connectivity index (χ0n) is 6.93. The molecule has 0 rings (SSSR count). The van der Waals surface area contributed by atoms with E-state index in [1.807, 2.05) is 0 Å². The van der Waals surface area contributed by atoms with Crippen molar-refractivity contribution in [3.63, 3.8) is 0 Å². The second-order valence-electron chi connectivity index (χ2n) is 3.00. The molecule has 0 fully saturated rings. The Morgan fingerprint density at radius 3 is 2.45 bits per heavy atom. The zero-order chi connectivity index (χ0) is 8.91. The van der Waals surface area contributed by atoms with Crippen LogP contribution >= 0.6 is 0 Å². The van der Waals surface area contributed by atoms with Gasteiger partial charge in [0.25, 0.3) is 0 Å². The van der Waals surface area contributed by atoms with Crippen molar-refractivity contribution >= 4 is 12.4 Å². The van der Waals surface area contributed by atoms with Gasteiger partial charge in [0.2, 0.25) is 6.29 Å². The summed E-state index contributed by atoms with van der Waals surface area (Å²) in [4.78, 5) is 20.4. The Hall–Kier alpha value is -1.06. The highest BCUT2D eigenvalue weighted by Crippen LogP contribution is 2.05. The average Bonchev–Trinajstić information content (AvgIpc) is 1.79. The highest BCUT2D eigenvalue weighted by Gasteiger charge is 2.15. The Labute approximate surface area is 65.9 Å². The lowest BCUT2D eigenvalue weighted by atomic mass is 10.2. The van der Waals surface area contributed by atoms with E-state index in [-0.39, 0.29) is 6.54 Å². The molecule has 0 aliphatic carbocycles. The Morgan fingerprint density at radius 2 is 2.09 bits per heavy atom. The molecule has 0 heterocycles. The molecule has 4 heteroatoms. The van der Waals surface area contributed by atoms with Gasteiger partial charge in [-0.3, -0.25) is 4.79 Å². The van der Waals surface area contributed by atoms with E-state index in [0.717, 1.165) is 0 Å². The smallest absolute Gasteiger partial charge is 0.408 e. The lowest BCUT2D eigenvalue weighted by molar-refractivity contribution is 0.0535. The van der Waals surface area contributed by atoms with Crippen molar-refractivity contribution in [1.29, 1.82) is 0 Å². The van der Waals surface area contributed by atoms with Crippen LogP contribution in [0.5, 0.6) is 0 Å². The molecular formula is C7H12NO3. The van der Waals surface area contributed by atoms with E-state index in [1.54, 1.807) is 20.8 Å². The number of carbonyl (C=O) groups is 1. The monoisotopic (exact) mass is 158 g/mol. The molecule has 0 bridgehead atoms. The number of ether oxygens (including phenoxy) is 1. The molecule has 0 spiro atoms. The molecule has 0 aliphatic rings. The van der Waals surface area contributed by atoms with Crippen molar-refractivity contribution in [1.82, 2.24) is 5.32 Å². The first-order valence-corrected chi connectivity index (χ1v) is 3.27. The van der Waals surface area contributed by atoms with E-state index < -0.39 is 11.7 Å². The predicted molar refractivity (Wildman–Crippen MR) is 39.9 cm³/mol. The van der Waals surface area contributed by atoms with Gasteiger partial charge in [0.1, 0.15) is 5.60 Å². The van der Waals surface area contributed by atoms with Gasteiger partial charge >= 0.3 is 6.09 Å². The number of hydrogen-bond acceptors (Lipinski definition) is 3. The minimum absolute atomic E-state index is 0.130. The maximum atomic E-state index is 10.7. The number of carbonyl (C=O) groups excluding carboxylic acids is 2. The summed E-state index contributed by atoms with van der Waals surface area (Å²) in [6, 6.07) is 0. The van der Waals surface area contributed by atoms with Gasteiger partial charge in [0.15, 0.2) is 0 Å². The molecule has 0 saturated heterocycles. The molecule has 11 heavy (non-hydrogen) atoms. The van der Waals surface area contributed by atoms with Crippen LogP contribution in [0.1, 0.15) is 20.8 Å². The van der Waals surface area contributed by atoms with Crippen LogP contribution < -0.4 is 5.32 Å². The number of rotatable bonds is 2. The minimum atomic E-state index is -0.596. The summed E-state index contributed by atoms with van der Waals surface area (Å²) in [5.74, 6) is 0. The van der Waals surface area contributed by atoms with Crippen molar-refractivity contribution in [2.75, 3.05) is 6.54 Å². The van der Waals surface area contributed by atoms with Gasteiger partial charge in [-0.25, -0.2) is 4.79 Å². The topological polar surface area (TPSA) is 55.4 Å². The third kappa shape index (κ3) is 6.83. The Kier molecular flexibility index (Phi) is 3.57. The van der Waals surface area contributed by atoms with Crippen molar-refractivity contribution in [2.45, 2.75) is 26.4 Å². The molecule has 0 saturated carbocycles. The minimum Gasteiger partial charge on any atom is -0.444 e. The van der Waals surface area contributed by atoms with Crippen molar-refractivity contribution in [3.05, 3.63) is 0 Å². The molecular weight excluding hydrogens is 146 g/mol. The maximum Gasteiger partial charge on any atom is 0.408 e. The predicted octanol–water partition coefficient (Wildman–Crippen LogP) is 0.621. The zero-order valence-corrected chi connectivity index (χ0v) is 6.93. The quantitative estimate of drug-likeness (QED) is 0.641. The van der Waals surface area contributed by atoms with Gasteiger partial charge in [0.05, 0.1) is 6.54 Å². The first-order chi connectivity index (χ1) is 4.95. The summed E-state index contributed by atoms with van der Waals surface area (Å²) in [5, 5.41) is 2.20. The third-order valence-electron chi connectivity index (χ3n) is 0.704. The van der Waals surface area contributed by atoms with Crippen LogP contribution in [-0.4, -0.2) is 24.5 Å². The average molecular weight is 158 g/mol. The number of hydrogen-bond donors (Lipinski definition) is 1. The molecule has 0 aromatic rings. The summed E-state index contributed by atoms with van der Waals surface area (Å²) < 4.78 is 4.81. The highest BCUT2D eigenvalue weighted by molar-refractivity contribution is 5.71. The summed E-state index contributed by atoms with van der Waals surface area (Å²) >= 11 is 0. The Morgan fingerprint density at radius 1 is 1.55 bits per heavy atom. The van der Waals surface area contributed by atoms with Crippen LogP contribution in [0.3, 0.4) is 0 Å². The largest absolute Gasteiger partial charge is 0.444 e. The summed E-state index contributed by atoms with van der Waals surface area (Å²) in [6.07, 6.45) is 0.926. The van der Waals surface area contributed by atoms with E-state index in [4.69, 9.17) is 4.74 Å². The van der Waals surface area contributed by atoms with E-state index in [2.05, 4.69) is 5.32 Å². The maximum absolute atomic E-state index is 10.7. The van der Waals surface area contributed by atoms with E-state index in [0.29, 0.717) is 0 Å². The molecule has 4 nitrogen and oxygen atoms in total. The summed E-state index contributed by atoms with van der Waals surface area (Å²) in [5.41, 5.74) is -0.521. The molecule has 0 aromatic carbocycles. The fourth-order valence-corrected chi connectivity index (χ4v) is 0.422. The molecule has 63 valence electrons. The van der Waals surface area contributed by atoms with E-state index in [9.17, 15) is 9.59 Å². The number of amides is 1. The molecule has 1 N–H and O–H groups in total. The lowest BCUT2D eigenvalue weighted by Crippen LogP contribution is -2.33. The van der Waals surface area contributed by atoms with Gasteiger partial charge < -0.3 is 10.1 Å². The van der Waals surface area contributed by atoms with Crippen LogP contribution in [0.25, 0.3) is 0 Å². The Bertz CT molecular complexity index is 148. The Balaban J connectivity index is 3.61. The molecule has 0 atom stereocenters. The molecule has 1 radical (unpaired) electrons. The fourth-order valence-electron chi connectivity index (χ4n) is 0.422. The standard InChI is InChI=1S/C7H12NO3/c1-7(2,3)11-6(10)8-4-5-9/h4H2,1-3H3,(H,8,10). The van der Waals surface area contributed by atoms with Gasteiger partial charge in [-0.15, -0.1) is 0 Å². The van der Waals surface area contributed by atoms with Crippen LogP contribution in [0.15, 0.2) is 0 Å². The first kappa shape index (κ1) is 9.94. The van der Waals surface area contributed by atoms with Gasteiger partial charge in [-0.2, -0.15) is 0 Å². The van der Waals surface area contributed by atoms with Gasteiger partial charge in [-0.1, -0.05) is 0 Å². The fraction of sp³-hybridized carbons (Fsp3) is 0.714. The van der Waals surface area contributed by atoms with Crippen LogP contribution in [-0.2, 0) is 9.53 Å². The van der Waals surface area contributed by atoms with Crippen molar-refractivity contribution in [3.8, 4) is 0 Å². The van der Waals surface area contributed by atoms with Crippen molar-refractivity contribution in [2.24, 2.45) is 0 Å². The van der Waals surface area contributed by atoms with Crippen LogP contribution in [0, 0.1) is 0 Å². The van der Waals surface area contributed by atoms with E-state index >= 15 is 0 Å². The van der Waals surface area contributed by atoms with Crippen molar-refractivity contribution < 1.29 is 14.3 Å². The molecule has 0 aliphatic heterocycles. The first-order valence-electron chi connectivity index (χ1n) is 3.27. The second kappa shape index (κ2) is 3.95.